The number of nitrogens with one attached hydrogen (secondary N) is 2. The second-order valence-electron chi connectivity index (χ2n) is 3.76. The SMILES string of the molecule is O=c1cc(CN2CCNCC2)cc(O)[nH]1. The molecule has 1 fully saturated rings. The standard InChI is InChI=1S/C10H15N3O2/c14-9-5-8(6-10(15)12-9)7-13-3-1-11-2-4-13/h5-6,11H,1-4,7H2,(H2,12,14,15). The molecule has 0 radical (unpaired) electrons. The lowest BCUT2D eigenvalue weighted by Gasteiger charge is -2.27. The minimum Gasteiger partial charge on any atom is -0.495 e. The summed E-state index contributed by atoms with van der Waals surface area (Å²) in [4.78, 5) is 15.7. The van der Waals surface area contributed by atoms with E-state index in [-0.39, 0.29) is 11.4 Å². The number of hydrogen-bond donors (Lipinski definition) is 3. The van der Waals surface area contributed by atoms with E-state index in [0.717, 1.165) is 38.3 Å². The first-order chi connectivity index (χ1) is 7.24. The highest BCUT2D eigenvalue weighted by Gasteiger charge is 2.10. The Morgan fingerprint density at radius 2 is 2.07 bits per heavy atom. The van der Waals surface area contributed by atoms with Gasteiger partial charge in [0, 0.05) is 44.9 Å². The Morgan fingerprint density at radius 3 is 2.73 bits per heavy atom. The molecule has 0 aromatic carbocycles. The van der Waals surface area contributed by atoms with Gasteiger partial charge in [0.2, 0.25) is 0 Å². The third kappa shape index (κ3) is 2.81. The first-order valence-electron chi connectivity index (χ1n) is 5.09. The molecule has 1 saturated heterocycles. The lowest BCUT2D eigenvalue weighted by molar-refractivity contribution is 0.233. The number of aromatic nitrogens is 1. The van der Waals surface area contributed by atoms with Crippen LogP contribution in [0.5, 0.6) is 5.88 Å². The second kappa shape index (κ2) is 4.46. The van der Waals surface area contributed by atoms with Gasteiger partial charge in [-0.25, -0.2) is 0 Å². The fourth-order valence-corrected chi connectivity index (χ4v) is 1.80. The van der Waals surface area contributed by atoms with Crippen molar-refractivity contribution in [1.82, 2.24) is 15.2 Å². The first-order valence-corrected chi connectivity index (χ1v) is 5.09. The number of rotatable bonds is 2. The van der Waals surface area contributed by atoms with Crippen LogP contribution in [0.2, 0.25) is 0 Å². The predicted molar refractivity (Wildman–Crippen MR) is 56.9 cm³/mol. The van der Waals surface area contributed by atoms with Crippen LogP contribution in [0.25, 0.3) is 0 Å². The number of pyridine rings is 1. The average molecular weight is 209 g/mol. The minimum atomic E-state index is -0.250. The normalized spacial score (nSPS) is 17.9. The van der Waals surface area contributed by atoms with Crippen molar-refractivity contribution in [2.45, 2.75) is 6.54 Å². The highest BCUT2D eigenvalue weighted by Crippen LogP contribution is 2.07. The van der Waals surface area contributed by atoms with Crippen LogP contribution < -0.4 is 10.9 Å². The molecule has 1 aromatic rings. The van der Waals surface area contributed by atoms with Gasteiger partial charge in [-0.15, -0.1) is 0 Å². The van der Waals surface area contributed by atoms with Crippen LogP contribution >= 0.6 is 0 Å². The highest BCUT2D eigenvalue weighted by molar-refractivity contribution is 5.19. The summed E-state index contributed by atoms with van der Waals surface area (Å²) >= 11 is 0. The quantitative estimate of drug-likeness (QED) is 0.613. The summed E-state index contributed by atoms with van der Waals surface area (Å²) in [5.41, 5.74) is 0.610. The molecule has 0 amide bonds. The second-order valence-corrected chi connectivity index (χ2v) is 3.76. The molecule has 0 saturated carbocycles. The van der Waals surface area contributed by atoms with Crippen LogP contribution in [-0.2, 0) is 6.54 Å². The maximum Gasteiger partial charge on any atom is 0.250 e. The molecule has 82 valence electrons. The number of hydrogen-bond acceptors (Lipinski definition) is 4. The molecule has 1 aliphatic rings. The van der Waals surface area contributed by atoms with Gasteiger partial charge < -0.3 is 10.4 Å². The van der Waals surface area contributed by atoms with Gasteiger partial charge in [0.25, 0.3) is 5.56 Å². The zero-order valence-corrected chi connectivity index (χ0v) is 8.49. The Kier molecular flexibility index (Phi) is 3.03. The summed E-state index contributed by atoms with van der Waals surface area (Å²) in [6.45, 7) is 4.64. The number of aromatic amines is 1. The van der Waals surface area contributed by atoms with E-state index < -0.39 is 0 Å². The summed E-state index contributed by atoms with van der Waals surface area (Å²) in [6.07, 6.45) is 0. The Balaban J connectivity index is 2.06. The Morgan fingerprint density at radius 1 is 1.33 bits per heavy atom. The number of aromatic hydroxyl groups is 1. The molecule has 2 rings (SSSR count). The molecule has 5 nitrogen and oxygen atoms in total. The monoisotopic (exact) mass is 209 g/mol. The van der Waals surface area contributed by atoms with E-state index in [4.69, 9.17) is 0 Å². The van der Waals surface area contributed by atoms with Gasteiger partial charge in [-0.1, -0.05) is 0 Å². The lowest BCUT2D eigenvalue weighted by Crippen LogP contribution is -2.42. The predicted octanol–water partition coefficient (Wildman–Crippen LogP) is -0.514. The maximum atomic E-state index is 11.1. The van der Waals surface area contributed by atoms with Crippen LogP contribution in [0.3, 0.4) is 0 Å². The molecule has 3 N–H and O–H groups in total. The molecule has 1 aromatic heterocycles. The third-order valence-corrected chi connectivity index (χ3v) is 2.51. The molecule has 0 atom stereocenters. The van der Waals surface area contributed by atoms with Crippen LogP contribution in [-0.4, -0.2) is 41.2 Å². The number of piperazine rings is 1. The molecule has 0 spiro atoms. The summed E-state index contributed by atoms with van der Waals surface area (Å²) < 4.78 is 0. The number of nitrogens with zero attached hydrogens (tertiary/aromatic N) is 1. The van der Waals surface area contributed by atoms with Crippen molar-refractivity contribution in [3.05, 3.63) is 28.0 Å². The molecule has 0 unspecified atom stereocenters. The van der Waals surface area contributed by atoms with E-state index in [1.54, 1.807) is 6.07 Å². The number of H-pyrrole nitrogens is 1. The topological polar surface area (TPSA) is 68.4 Å². The van der Waals surface area contributed by atoms with Gasteiger partial charge >= 0.3 is 0 Å². The molecule has 1 aliphatic heterocycles. The molecular formula is C10H15N3O2. The van der Waals surface area contributed by atoms with Gasteiger partial charge in [-0.2, -0.15) is 0 Å². The van der Waals surface area contributed by atoms with Crippen LogP contribution in [0.1, 0.15) is 5.56 Å². The van der Waals surface area contributed by atoms with Gasteiger partial charge in [0.05, 0.1) is 0 Å². The molecule has 15 heavy (non-hydrogen) atoms. The largest absolute Gasteiger partial charge is 0.495 e. The summed E-state index contributed by atoms with van der Waals surface area (Å²) in [6, 6.07) is 3.13. The lowest BCUT2D eigenvalue weighted by atomic mass is 10.2. The zero-order valence-electron chi connectivity index (χ0n) is 8.49. The fourth-order valence-electron chi connectivity index (χ4n) is 1.80. The van der Waals surface area contributed by atoms with Gasteiger partial charge in [0.1, 0.15) is 0 Å². The summed E-state index contributed by atoms with van der Waals surface area (Å²) in [7, 11) is 0. The van der Waals surface area contributed by atoms with Crippen molar-refractivity contribution in [2.24, 2.45) is 0 Å². The van der Waals surface area contributed by atoms with Crippen LogP contribution in [0, 0.1) is 0 Å². The Hall–Kier alpha value is -1.33. The van der Waals surface area contributed by atoms with E-state index in [2.05, 4.69) is 15.2 Å². The van der Waals surface area contributed by atoms with Crippen molar-refractivity contribution in [3.63, 3.8) is 0 Å². The molecule has 5 heteroatoms. The third-order valence-electron chi connectivity index (χ3n) is 2.51. The summed E-state index contributed by atoms with van der Waals surface area (Å²) in [5, 5.41) is 12.5. The Labute approximate surface area is 87.7 Å². The van der Waals surface area contributed by atoms with Crippen molar-refractivity contribution in [3.8, 4) is 5.88 Å². The molecule has 0 bridgehead atoms. The zero-order chi connectivity index (χ0) is 10.7. The van der Waals surface area contributed by atoms with Crippen molar-refractivity contribution in [2.75, 3.05) is 26.2 Å². The summed E-state index contributed by atoms with van der Waals surface area (Å²) in [5.74, 6) is -0.0624. The average Bonchev–Trinajstić information content (AvgIpc) is 2.17. The maximum absolute atomic E-state index is 11.1. The van der Waals surface area contributed by atoms with Crippen molar-refractivity contribution in [1.29, 1.82) is 0 Å². The van der Waals surface area contributed by atoms with E-state index in [0.29, 0.717) is 0 Å². The first kappa shape index (κ1) is 10.2. The van der Waals surface area contributed by atoms with Crippen LogP contribution in [0.15, 0.2) is 16.9 Å². The van der Waals surface area contributed by atoms with Crippen molar-refractivity contribution < 1.29 is 5.11 Å². The smallest absolute Gasteiger partial charge is 0.250 e. The van der Waals surface area contributed by atoms with Crippen LogP contribution in [0.4, 0.5) is 0 Å². The molecular weight excluding hydrogens is 194 g/mol. The van der Waals surface area contributed by atoms with Crippen molar-refractivity contribution >= 4 is 0 Å². The van der Waals surface area contributed by atoms with E-state index in [1.165, 1.54) is 6.07 Å². The highest BCUT2D eigenvalue weighted by atomic mass is 16.3. The van der Waals surface area contributed by atoms with Gasteiger partial charge in [-0.05, 0) is 5.56 Å². The molecule has 2 heterocycles. The van der Waals surface area contributed by atoms with Gasteiger partial charge in [0.15, 0.2) is 5.88 Å². The van der Waals surface area contributed by atoms with E-state index in [9.17, 15) is 9.90 Å². The minimum absolute atomic E-state index is 0.0624. The van der Waals surface area contributed by atoms with E-state index >= 15 is 0 Å². The van der Waals surface area contributed by atoms with Gasteiger partial charge in [-0.3, -0.25) is 14.7 Å². The molecule has 0 aliphatic carbocycles. The van der Waals surface area contributed by atoms with E-state index in [1.807, 2.05) is 0 Å². The fraction of sp³-hybridized carbons (Fsp3) is 0.500. The Bertz CT molecular complexity index is 382.